The molecule has 106 valence electrons. The van der Waals surface area contributed by atoms with Crippen LogP contribution in [0.15, 0.2) is 0 Å². The van der Waals surface area contributed by atoms with Crippen LogP contribution in [-0.2, 0) is 24.2 Å². The second-order valence-electron chi connectivity index (χ2n) is 4.22. The van der Waals surface area contributed by atoms with Gasteiger partial charge in [0.2, 0.25) is 0 Å². The van der Waals surface area contributed by atoms with E-state index >= 15 is 0 Å². The van der Waals surface area contributed by atoms with Crippen molar-refractivity contribution in [2.75, 3.05) is 18.6 Å². The second-order valence-corrected chi connectivity index (χ2v) is 6.53. The van der Waals surface area contributed by atoms with Crippen LogP contribution in [-0.4, -0.2) is 38.8 Å². The Hall–Kier alpha value is -0.910. The highest BCUT2D eigenvalue weighted by atomic mass is 32.2. The minimum atomic E-state index is -3.33. The highest BCUT2D eigenvalue weighted by Crippen LogP contribution is 2.04. The Kier molecular flexibility index (Phi) is 8.62. The van der Waals surface area contributed by atoms with Gasteiger partial charge in [-0.25, -0.2) is 8.42 Å². The summed E-state index contributed by atoms with van der Waals surface area (Å²) in [5, 5.41) is 0. The Morgan fingerprint density at radius 1 is 1.00 bits per heavy atom. The molecule has 0 aromatic rings. The number of carbonyl (C=O) groups is 2. The molecule has 18 heavy (non-hydrogen) atoms. The zero-order valence-corrected chi connectivity index (χ0v) is 11.9. The lowest BCUT2D eigenvalue weighted by molar-refractivity contribution is -0.140. The summed E-state index contributed by atoms with van der Waals surface area (Å²) < 4.78 is 27.4. The van der Waals surface area contributed by atoms with Gasteiger partial charge in [0.1, 0.15) is 5.78 Å². The first-order chi connectivity index (χ1) is 8.41. The molecule has 5 nitrogen and oxygen atoms in total. The van der Waals surface area contributed by atoms with E-state index in [4.69, 9.17) is 0 Å². The lowest BCUT2D eigenvalue weighted by Gasteiger charge is -2.03. The quantitative estimate of drug-likeness (QED) is 0.447. The molecule has 0 saturated carbocycles. The van der Waals surface area contributed by atoms with E-state index in [1.807, 2.05) is 6.92 Å². The maximum atomic E-state index is 11.5. The molecule has 0 aromatic heterocycles. The van der Waals surface area contributed by atoms with Gasteiger partial charge < -0.3 is 4.74 Å². The molecule has 0 N–H and O–H groups in total. The van der Waals surface area contributed by atoms with Crippen molar-refractivity contribution < 1.29 is 22.7 Å². The van der Waals surface area contributed by atoms with Gasteiger partial charge in [-0.3, -0.25) is 9.59 Å². The molecule has 0 unspecified atom stereocenters. The number of rotatable bonds is 10. The monoisotopic (exact) mass is 278 g/mol. The first-order valence-electron chi connectivity index (χ1n) is 6.20. The van der Waals surface area contributed by atoms with Gasteiger partial charge in [0.25, 0.3) is 0 Å². The molecule has 0 aliphatic heterocycles. The molecule has 0 spiro atoms. The predicted octanol–water partition coefficient (Wildman–Crippen LogP) is 1.50. The molecule has 0 aliphatic carbocycles. The molecular weight excluding hydrogens is 256 g/mol. The van der Waals surface area contributed by atoms with Crippen LogP contribution < -0.4 is 0 Å². The summed E-state index contributed by atoms with van der Waals surface area (Å²) in [4.78, 5) is 22.2. The van der Waals surface area contributed by atoms with Gasteiger partial charge in [-0.15, -0.1) is 0 Å². The predicted molar refractivity (Wildman–Crippen MR) is 69.1 cm³/mol. The highest BCUT2D eigenvalue weighted by molar-refractivity contribution is 7.91. The summed E-state index contributed by atoms with van der Waals surface area (Å²) in [5.74, 6) is -0.991. The lowest BCUT2D eigenvalue weighted by atomic mass is 10.1. The van der Waals surface area contributed by atoms with Gasteiger partial charge in [-0.05, 0) is 6.42 Å². The van der Waals surface area contributed by atoms with Gasteiger partial charge in [0.15, 0.2) is 9.84 Å². The smallest absolute Gasteiger partial charge is 0.306 e. The van der Waals surface area contributed by atoms with Crippen LogP contribution in [0.2, 0.25) is 0 Å². The Balaban J connectivity index is 3.89. The van der Waals surface area contributed by atoms with Gasteiger partial charge in [-0.1, -0.05) is 19.8 Å². The standard InChI is InChI=1S/C12H22O5S/c1-3-4-5-6-11(13)7-9-18(15,16)10-8-12(14)17-2/h3-10H2,1-2H3. The number of ketones is 1. The van der Waals surface area contributed by atoms with Crippen LogP contribution in [0.25, 0.3) is 0 Å². The average Bonchev–Trinajstić information content (AvgIpc) is 2.34. The Bertz CT molecular complexity index is 359. The number of carbonyl (C=O) groups excluding carboxylic acids is 2. The molecule has 0 fully saturated rings. The lowest BCUT2D eigenvalue weighted by Crippen LogP contribution is -2.17. The van der Waals surface area contributed by atoms with E-state index in [0.29, 0.717) is 6.42 Å². The fourth-order valence-corrected chi connectivity index (χ4v) is 2.63. The van der Waals surface area contributed by atoms with Crippen molar-refractivity contribution in [3.8, 4) is 0 Å². The molecule has 0 bridgehead atoms. The first-order valence-corrected chi connectivity index (χ1v) is 8.02. The first kappa shape index (κ1) is 17.1. The van der Waals surface area contributed by atoms with Crippen LogP contribution >= 0.6 is 0 Å². The highest BCUT2D eigenvalue weighted by Gasteiger charge is 2.15. The second kappa shape index (κ2) is 9.08. The molecular formula is C12H22O5S. The number of ether oxygens (including phenoxy) is 1. The largest absolute Gasteiger partial charge is 0.469 e. The third kappa shape index (κ3) is 9.15. The summed E-state index contributed by atoms with van der Waals surface area (Å²) in [6.45, 7) is 2.04. The summed E-state index contributed by atoms with van der Waals surface area (Å²) in [6.07, 6.45) is 3.18. The van der Waals surface area contributed by atoms with Crippen molar-refractivity contribution in [1.82, 2.24) is 0 Å². The van der Waals surface area contributed by atoms with E-state index in [9.17, 15) is 18.0 Å². The SMILES string of the molecule is CCCCCC(=O)CCS(=O)(=O)CCC(=O)OC. The minimum absolute atomic E-state index is 0.0231. The molecule has 0 aromatic carbocycles. The molecule has 0 heterocycles. The Labute approximate surface area is 109 Å². The van der Waals surface area contributed by atoms with Crippen molar-refractivity contribution in [3.63, 3.8) is 0 Å². The molecule has 6 heteroatoms. The maximum absolute atomic E-state index is 11.5. The van der Waals surface area contributed by atoms with E-state index < -0.39 is 15.8 Å². The van der Waals surface area contributed by atoms with E-state index in [2.05, 4.69) is 4.74 Å². The number of hydrogen-bond donors (Lipinski definition) is 0. The molecule has 0 atom stereocenters. The van der Waals surface area contributed by atoms with Crippen LogP contribution in [0.4, 0.5) is 0 Å². The number of sulfone groups is 1. The van der Waals surface area contributed by atoms with Crippen molar-refractivity contribution >= 4 is 21.6 Å². The Morgan fingerprint density at radius 3 is 2.17 bits per heavy atom. The molecule has 0 aliphatic rings. The molecule has 0 amide bonds. The van der Waals surface area contributed by atoms with Crippen molar-refractivity contribution in [2.45, 2.75) is 45.4 Å². The minimum Gasteiger partial charge on any atom is -0.469 e. The van der Waals surface area contributed by atoms with E-state index in [1.54, 1.807) is 0 Å². The number of methoxy groups -OCH3 is 1. The van der Waals surface area contributed by atoms with Crippen molar-refractivity contribution in [2.24, 2.45) is 0 Å². The fraction of sp³-hybridized carbons (Fsp3) is 0.833. The number of hydrogen-bond acceptors (Lipinski definition) is 5. The summed E-state index contributed by atoms with van der Waals surface area (Å²) >= 11 is 0. The maximum Gasteiger partial charge on any atom is 0.306 e. The zero-order chi connectivity index (χ0) is 14.0. The van der Waals surface area contributed by atoms with Gasteiger partial charge in [-0.2, -0.15) is 0 Å². The van der Waals surface area contributed by atoms with E-state index in [1.165, 1.54) is 7.11 Å². The Morgan fingerprint density at radius 2 is 1.61 bits per heavy atom. The van der Waals surface area contributed by atoms with Gasteiger partial charge in [0.05, 0.1) is 25.0 Å². The summed E-state index contributed by atoms with van der Waals surface area (Å²) in [6, 6.07) is 0. The van der Waals surface area contributed by atoms with Crippen LogP contribution in [0.5, 0.6) is 0 Å². The zero-order valence-electron chi connectivity index (χ0n) is 11.1. The topological polar surface area (TPSA) is 77.5 Å². The summed E-state index contributed by atoms with van der Waals surface area (Å²) in [5.41, 5.74) is 0. The van der Waals surface area contributed by atoms with Crippen LogP contribution in [0.1, 0.15) is 45.4 Å². The van der Waals surface area contributed by atoms with Crippen molar-refractivity contribution in [1.29, 1.82) is 0 Å². The van der Waals surface area contributed by atoms with Crippen LogP contribution in [0, 0.1) is 0 Å². The van der Waals surface area contributed by atoms with Gasteiger partial charge in [0, 0.05) is 12.8 Å². The fourth-order valence-electron chi connectivity index (χ4n) is 1.41. The molecule has 0 saturated heterocycles. The van der Waals surface area contributed by atoms with E-state index in [0.717, 1.165) is 19.3 Å². The molecule has 0 radical (unpaired) electrons. The number of esters is 1. The third-order valence-corrected chi connectivity index (χ3v) is 4.25. The third-order valence-electron chi connectivity index (χ3n) is 2.60. The number of Topliss-reactive ketones (excluding diaryl/α,β-unsaturated/α-hetero) is 1. The summed E-state index contributed by atoms with van der Waals surface area (Å²) in [7, 11) is -2.12. The van der Waals surface area contributed by atoms with E-state index in [-0.39, 0.29) is 30.1 Å². The van der Waals surface area contributed by atoms with Gasteiger partial charge >= 0.3 is 5.97 Å². The number of unbranched alkanes of at least 4 members (excludes halogenated alkanes) is 2. The van der Waals surface area contributed by atoms with Crippen molar-refractivity contribution in [3.05, 3.63) is 0 Å². The molecule has 0 rings (SSSR count). The average molecular weight is 278 g/mol. The normalized spacial score (nSPS) is 11.2. The van der Waals surface area contributed by atoms with Crippen LogP contribution in [0.3, 0.4) is 0 Å².